The first-order valence-electron chi connectivity index (χ1n) is 8.20. The summed E-state index contributed by atoms with van der Waals surface area (Å²) in [6.45, 7) is 4.91. The molecule has 0 saturated heterocycles. The van der Waals surface area contributed by atoms with Crippen molar-refractivity contribution in [3.8, 4) is 11.5 Å². The molecular weight excluding hydrogens is 354 g/mol. The van der Waals surface area contributed by atoms with Crippen molar-refractivity contribution in [1.82, 2.24) is 0 Å². The summed E-state index contributed by atoms with van der Waals surface area (Å²) in [6, 6.07) is 11.6. The number of benzene rings is 2. The molecule has 142 valence electrons. The fourth-order valence-corrected chi connectivity index (χ4v) is 2.09. The Labute approximate surface area is 155 Å². The molecule has 27 heavy (non-hydrogen) atoms. The molecule has 0 fully saturated rings. The highest BCUT2D eigenvalue weighted by Gasteiger charge is 2.22. The summed E-state index contributed by atoms with van der Waals surface area (Å²) in [5, 5.41) is 11.0. The van der Waals surface area contributed by atoms with E-state index in [1.165, 1.54) is 49.4 Å². The molecule has 8 nitrogen and oxygen atoms in total. The summed E-state index contributed by atoms with van der Waals surface area (Å²) in [7, 11) is 0. The van der Waals surface area contributed by atoms with Gasteiger partial charge in [-0.1, -0.05) is 12.1 Å². The maximum atomic E-state index is 12.2. The fraction of sp³-hybridized carbons (Fsp3) is 0.263. The van der Waals surface area contributed by atoms with E-state index >= 15 is 0 Å². The van der Waals surface area contributed by atoms with Gasteiger partial charge in [0.25, 0.3) is 0 Å². The van der Waals surface area contributed by atoms with Gasteiger partial charge in [0.2, 0.25) is 0 Å². The fourth-order valence-electron chi connectivity index (χ4n) is 2.09. The lowest BCUT2D eigenvalue weighted by atomic mass is 10.2. The van der Waals surface area contributed by atoms with Crippen LogP contribution in [0.2, 0.25) is 0 Å². The Morgan fingerprint density at radius 2 is 1.63 bits per heavy atom. The second-order valence-corrected chi connectivity index (χ2v) is 5.88. The van der Waals surface area contributed by atoms with E-state index in [0.717, 1.165) is 0 Å². The average molecular weight is 373 g/mol. The van der Waals surface area contributed by atoms with Crippen LogP contribution in [-0.2, 0) is 9.53 Å². The molecule has 0 aliphatic carbocycles. The number of esters is 2. The van der Waals surface area contributed by atoms with Crippen molar-refractivity contribution < 1.29 is 28.7 Å². The molecule has 0 aliphatic heterocycles. The number of ether oxygens (including phenoxy) is 3. The third-order valence-electron chi connectivity index (χ3n) is 3.35. The standard InChI is InChI=1S/C19H19NO7/c1-12(2)25-19(22)14-8-10-15(11-9-14)27-18(21)13(3)26-17-7-5-4-6-16(17)20(23)24/h4-13H,1-3H3. The molecule has 0 saturated carbocycles. The summed E-state index contributed by atoms with van der Waals surface area (Å²) >= 11 is 0. The number of nitro benzene ring substituents is 1. The quantitative estimate of drug-likeness (QED) is 0.316. The average Bonchev–Trinajstić information content (AvgIpc) is 2.61. The lowest BCUT2D eigenvalue weighted by Gasteiger charge is -2.14. The molecule has 1 atom stereocenters. The van der Waals surface area contributed by atoms with Crippen LogP contribution in [0.3, 0.4) is 0 Å². The normalized spacial score (nSPS) is 11.6. The zero-order chi connectivity index (χ0) is 20.0. The van der Waals surface area contributed by atoms with E-state index in [0.29, 0.717) is 5.56 Å². The minimum Gasteiger partial charge on any atom is -0.472 e. The Balaban J connectivity index is 2.00. The SMILES string of the molecule is CC(C)OC(=O)c1ccc(OC(=O)C(C)Oc2ccccc2[N+](=O)[O-])cc1. The monoisotopic (exact) mass is 373 g/mol. The molecule has 2 rings (SSSR count). The Kier molecular flexibility index (Phi) is 6.48. The number of carbonyl (C=O) groups excluding carboxylic acids is 2. The van der Waals surface area contributed by atoms with Crippen molar-refractivity contribution in [3.05, 3.63) is 64.2 Å². The van der Waals surface area contributed by atoms with Crippen LogP contribution in [0.4, 0.5) is 5.69 Å². The van der Waals surface area contributed by atoms with Crippen molar-refractivity contribution in [3.63, 3.8) is 0 Å². The predicted octanol–water partition coefficient (Wildman–Crippen LogP) is 3.53. The number of nitrogens with zero attached hydrogens (tertiary/aromatic N) is 1. The van der Waals surface area contributed by atoms with Crippen LogP contribution >= 0.6 is 0 Å². The van der Waals surface area contributed by atoms with Gasteiger partial charge in [0.1, 0.15) is 5.75 Å². The molecule has 0 N–H and O–H groups in total. The first kappa shape index (κ1) is 19.9. The van der Waals surface area contributed by atoms with Gasteiger partial charge in [-0.15, -0.1) is 0 Å². The highest BCUT2D eigenvalue weighted by atomic mass is 16.6. The topological polar surface area (TPSA) is 105 Å². The number of hydrogen-bond donors (Lipinski definition) is 0. The summed E-state index contributed by atoms with van der Waals surface area (Å²) in [6.07, 6.45) is -1.31. The van der Waals surface area contributed by atoms with Crippen LogP contribution in [0, 0.1) is 10.1 Å². The maximum absolute atomic E-state index is 12.2. The molecule has 2 aromatic rings. The second-order valence-electron chi connectivity index (χ2n) is 5.88. The third-order valence-corrected chi connectivity index (χ3v) is 3.35. The van der Waals surface area contributed by atoms with E-state index in [4.69, 9.17) is 14.2 Å². The lowest BCUT2D eigenvalue weighted by Crippen LogP contribution is -2.28. The molecule has 0 bridgehead atoms. The number of hydrogen-bond acceptors (Lipinski definition) is 7. The molecular formula is C19H19NO7. The summed E-state index contributed by atoms with van der Waals surface area (Å²) in [5.41, 5.74) is 0.0814. The van der Waals surface area contributed by atoms with Gasteiger partial charge in [0.05, 0.1) is 16.6 Å². The van der Waals surface area contributed by atoms with Gasteiger partial charge in [-0.3, -0.25) is 10.1 Å². The number of para-hydroxylation sites is 2. The Morgan fingerprint density at radius 3 is 2.22 bits per heavy atom. The second kappa shape index (κ2) is 8.79. The third kappa shape index (κ3) is 5.53. The number of carbonyl (C=O) groups is 2. The van der Waals surface area contributed by atoms with Crippen molar-refractivity contribution in [1.29, 1.82) is 0 Å². The van der Waals surface area contributed by atoms with Crippen LogP contribution in [0.1, 0.15) is 31.1 Å². The molecule has 0 aromatic heterocycles. The summed E-state index contributed by atoms with van der Waals surface area (Å²) < 4.78 is 15.6. The van der Waals surface area contributed by atoms with Gasteiger partial charge in [0.15, 0.2) is 11.9 Å². The van der Waals surface area contributed by atoms with Gasteiger partial charge >= 0.3 is 17.6 Å². The van der Waals surface area contributed by atoms with Crippen LogP contribution in [-0.4, -0.2) is 29.1 Å². The molecule has 1 unspecified atom stereocenters. The zero-order valence-electron chi connectivity index (χ0n) is 15.1. The molecule has 0 spiro atoms. The van der Waals surface area contributed by atoms with Gasteiger partial charge in [-0.05, 0) is 51.1 Å². The van der Waals surface area contributed by atoms with Gasteiger partial charge in [-0.2, -0.15) is 0 Å². The molecule has 0 aliphatic rings. The van der Waals surface area contributed by atoms with Gasteiger partial charge in [-0.25, -0.2) is 9.59 Å². The van der Waals surface area contributed by atoms with Crippen molar-refractivity contribution >= 4 is 17.6 Å². The van der Waals surface area contributed by atoms with Crippen molar-refractivity contribution in [2.45, 2.75) is 33.0 Å². The van der Waals surface area contributed by atoms with Gasteiger partial charge in [0, 0.05) is 6.07 Å². The molecule has 0 heterocycles. The minimum absolute atomic E-state index is 0.0290. The molecule has 0 amide bonds. The van der Waals surface area contributed by atoms with Crippen molar-refractivity contribution in [2.24, 2.45) is 0 Å². The van der Waals surface area contributed by atoms with Crippen LogP contribution in [0.15, 0.2) is 48.5 Å². The first-order chi connectivity index (χ1) is 12.8. The number of nitro groups is 1. The first-order valence-corrected chi connectivity index (χ1v) is 8.20. The smallest absolute Gasteiger partial charge is 0.352 e. The summed E-state index contributed by atoms with van der Waals surface area (Å²) in [4.78, 5) is 34.3. The predicted molar refractivity (Wildman–Crippen MR) is 95.8 cm³/mol. The van der Waals surface area contributed by atoms with Crippen LogP contribution in [0.5, 0.6) is 11.5 Å². The zero-order valence-corrected chi connectivity index (χ0v) is 15.1. The summed E-state index contributed by atoms with van der Waals surface area (Å²) in [5.74, 6) is -1.03. The van der Waals surface area contributed by atoms with E-state index in [-0.39, 0.29) is 23.3 Å². The Bertz CT molecular complexity index is 830. The number of rotatable bonds is 7. The largest absolute Gasteiger partial charge is 0.472 e. The maximum Gasteiger partial charge on any atom is 0.352 e. The van der Waals surface area contributed by atoms with Gasteiger partial charge < -0.3 is 14.2 Å². The highest BCUT2D eigenvalue weighted by molar-refractivity contribution is 5.89. The molecule has 0 radical (unpaired) electrons. The van der Waals surface area contributed by atoms with E-state index < -0.39 is 23.0 Å². The Morgan fingerprint density at radius 1 is 1.00 bits per heavy atom. The highest BCUT2D eigenvalue weighted by Crippen LogP contribution is 2.27. The molecule has 2 aromatic carbocycles. The van der Waals surface area contributed by atoms with E-state index in [2.05, 4.69) is 0 Å². The lowest BCUT2D eigenvalue weighted by molar-refractivity contribution is -0.386. The van der Waals surface area contributed by atoms with E-state index in [1.54, 1.807) is 19.9 Å². The van der Waals surface area contributed by atoms with Crippen LogP contribution < -0.4 is 9.47 Å². The molecule has 8 heteroatoms. The van der Waals surface area contributed by atoms with E-state index in [1.807, 2.05) is 0 Å². The minimum atomic E-state index is -1.07. The van der Waals surface area contributed by atoms with Crippen LogP contribution in [0.25, 0.3) is 0 Å². The van der Waals surface area contributed by atoms with E-state index in [9.17, 15) is 19.7 Å². The van der Waals surface area contributed by atoms with Crippen molar-refractivity contribution in [2.75, 3.05) is 0 Å². The Hall–Kier alpha value is -3.42.